The van der Waals surface area contributed by atoms with E-state index in [2.05, 4.69) is 16.3 Å². The number of phenolic OH excluding ortho intramolecular Hbond substituents is 1. The quantitative estimate of drug-likeness (QED) is 0.874. The van der Waals surface area contributed by atoms with Gasteiger partial charge >= 0.3 is 0 Å². The maximum atomic E-state index is 10.1. The van der Waals surface area contributed by atoms with Crippen LogP contribution in [0.15, 0.2) is 24.3 Å². The van der Waals surface area contributed by atoms with Crippen LogP contribution in [0.4, 0.5) is 5.82 Å². The van der Waals surface area contributed by atoms with Gasteiger partial charge in [-0.25, -0.2) is 0 Å². The normalized spacial score (nSPS) is 17.5. The highest BCUT2D eigenvalue weighted by Gasteiger charge is 2.22. The molecule has 0 bridgehead atoms. The van der Waals surface area contributed by atoms with Crippen LogP contribution in [-0.2, 0) is 4.74 Å². The summed E-state index contributed by atoms with van der Waals surface area (Å²) >= 11 is 0. The van der Waals surface area contributed by atoms with Crippen LogP contribution in [0.3, 0.4) is 0 Å². The lowest BCUT2D eigenvalue weighted by atomic mass is 10.0. The highest BCUT2D eigenvalue weighted by molar-refractivity contribution is 5.73. The number of ether oxygens (including phenoxy) is 1. The smallest absolute Gasteiger partial charge is 0.152 e. The molecular formula is C17H18N4O3. The van der Waals surface area contributed by atoms with Crippen LogP contribution in [0.25, 0.3) is 11.3 Å². The van der Waals surface area contributed by atoms with Gasteiger partial charge in [0.05, 0.1) is 24.9 Å². The number of aliphatic hydroxyl groups is 1. The SMILES string of the molecule is Cc1ccc(-c2nnc(N3CCO[C@H](CO)C3)cc2C#N)c(O)c1. The van der Waals surface area contributed by atoms with Crippen LogP contribution in [0.2, 0.25) is 0 Å². The first kappa shape index (κ1) is 16.2. The molecule has 2 aromatic rings. The van der Waals surface area contributed by atoms with Crippen molar-refractivity contribution in [2.45, 2.75) is 13.0 Å². The number of hydrogen-bond acceptors (Lipinski definition) is 7. The van der Waals surface area contributed by atoms with E-state index in [1.807, 2.05) is 17.9 Å². The zero-order valence-corrected chi connectivity index (χ0v) is 13.3. The van der Waals surface area contributed by atoms with Crippen molar-refractivity contribution in [3.05, 3.63) is 35.4 Å². The van der Waals surface area contributed by atoms with Gasteiger partial charge in [-0.2, -0.15) is 5.26 Å². The van der Waals surface area contributed by atoms with Gasteiger partial charge in [0.25, 0.3) is 0 Å². The van der Waals surface area contributed by atoms with Gasteiger partial charge in [-0.05, 0) is 24.6 Å². The van der Waals surface area contributed by atoms with Gasteiger partial charge in [0, 0.05) is 24.7 Å². The minimum Gasteiger partial charge on any atom is -0.507 e. The summed E-state index contributed by atoms with van der Waals surface area (Å²) in [6, 6.07) is 8.97. The monoisotopic (exact) mass is 326 g/mol. The molecule has 0 spiro atoms. The number of aryl methyl sites for hydroxylation is 1. The van der Waals surface area contributed by atoms with E-state index in [0.29, 0.717) is 42.3 Å². The van der Waals surface area contributed by atoms with Crippen LogP contribution in [0, 0.1) is 18.3 Å². The molecule has 0 radical (unpaired) electrons. The first-order valence-electron chi connectivity index (χ1n) is 7.67. The van der Waals surface area contributed by atoms with E-state index in [-0.39, 0.29) is 18.5 Å². The van der Waals surface area contributed by atoms with Crippen LogP contribution in [-0.4, -0.2) is 52.8 Å². The van der Waals surface area contributed by atoms with Crippen LogP contribution in [0.5, 0.6) is 5.75 Å². The van der Waals surface area contributed by atoms with Crippen molar-refractivity contribution in [3.8, 4) is 23.1 Å². The Kier molecular flexibility index (Phi) is 4.60. The number of hydrogen-bond donors (Lipinski definition) is 2. The lowest BCUT2D eigenvalue weighted by molar-refractivity contribution is 0.00332. The molecule has 2 N–H and O–H groups in total. The number of morpholine rings is 1. The van der Waals surface area contributed by atoms with Gasteiger partial charge in [0.1, 0.15) is 17.5 Å². The minimum absolute atomic E-state index is 0.0651. The second-order valence-electron chi connectivity index (χ2n) is 5.72. The predicted octanol–water partition coefficient (Wildman–Crippen LogP) is 1.23. The molecule has 0 amide bonds. The number of benzene rings is 1. The van der Waals surface area contributed by atoms with Gasteiger partial charge in [-0.15, -0.1) is 10.2 Å². The summed E-state index contributed by atoms with van der Waals surface area (Å²) in [5.41, 5.74) is 2.09. The number of aromatic nitrogens is 2. The maximum absolute atomic E-state index is 10.1. The minimum atomic E-state index is -0.271. The van der Waals surface area contributed by atoms with Crippen molar-refractivity contribution < 1.29 is 14.9 Å². The van der Waals surface area contributed by atoms with E-state index in [9.17, 15) is 15.5 Å². The second kappa shape index (κ2) is 6.83. The highest BCUT2D eigenvalue weighted by Crippen LogP contribution is 2.31. The summed E-state index contributed by atoms with van der Waals surface area (Å²) in [4.78, 5) is 1.93. The standard InChI is InChI=1S/C17H18N4O3/c1-11-2-3-14(15(23)6-11)17-12(8-18)7-16(19-20-17)21-4-5-24-13(9-21)10-22/h2-3,6-7,13,22-23H,4-5,9-10H2,1H3/t13-/m0/s1. The van der Waals surface area contributed by atoms with Gasteiger partial charge in [-0.1, -0.05) is 6.07 Å². The molecule has 1 saturated heterocycles. The molecule has 7 nitrogen and oxygen atoms in total. The molecule has 2 heterocycles. The summed E-state index contributed by atoms with van der Waals surface area (Å²) in [5.74, 6) is 0.629. The fraction of sp³-hybridized carbons (Fsp3) is 0.353. The number of aliphatic hydroxyl groups excluding tert-OH is 1. The average Bonchev–Trinajstić information content (AvgIpc) is 2.61. The van der Waals surface area contributed by atoms with E-state index in [0.717, 1.165) is 5.56 Å². The third kappa shape index (κ3) is 3.15. The van der Waals surface area contributed by atoms with E-state index in [1.54, 1.807) is 18.2 Å². The summed E-state index contributed by atoms with van der Waals surface area (Å²) in [6.07, 6.45) is -0.271. The lowest BCUT2D eigenvalue weighted by Crippen LogP contribution is -2.44. The molecule has 7 heteroatoms. The average molecular weight is 326 g/mol. The predicted molar refractivity (Wildman–Crippen MR) is 87.6 cm³/mol. The molecule has 0 unspecified atom stereocenters. The maximum Gasteiger partial charge on any atom is 0.152 e. The Morgan fingerprint density at radius 1 is 1.38 bits per heavy atom. The van der Waals surface area contributed by atoms with Gasteiger partial charge in [-0.3, -0.25) is 0 Å². The molecular weight excluding hydrogens is 308 g/mol. The Labute approximate surface area is 139 Å². The molecule has 1 aliphatic rings. The van der Waals surface area contributed by atoms with E-state index in [1.165, 1.54) is 0 Å². The molecule has 24 heavy (non-hydrogen) atoms. The number of nitrogens with zero attached hydrogens (tertiary/aromatic N) is 4. The second-order valence-corrected chi connectivity index (χ2v) is 5.72. The fourth-order valence-corrected chi connectivity index (χ4v) is 2.70. The van der Waals surface area contributed by atoms with Gasteiger partial charge in [0.2, 0.25) is 0 Å². The van der Waals surface area contributed by atoms with Crippen molar-refractivity contribution in [3.63, 3.8) is 0 Å². The first-order chi connectivity index (χ1) is 11.6. The van der Waals surface area contributed by atoms with Gasteiger partial charge in [0.15, 0.2) is 5.82 Å². The largest absolute Gasteiger partial charge is 0.507 e. The molecule has 0 saturated carbocycles. The summed E-state index contributed by atoms with van der Waals surface area (Å²) in [6.45, 7) is 3.40. The number of rotatable bonds is 3. The van der Waals surface area contributed by atoms with Crippen molar-refractivity contribution in [1.29, 1.82) is 5.26 Å². The Bertz CT molecular complexity index is 788. The lowest BCUT2D eigenvalue weighted by Gasteiger charge is -2.32. The highest BCUT2D eigenvalue weighted by atomic mass is 16.5. The first-order valence-corrected chi connectivity index (χ1v) is 7.67. The molecule has 1 aliphatic heterocycles. The number of anilines is 1. The molecule has 3 rings (SSSR count). The fourth-order valence-electron chi connectivity index (χ4n) is 2.70. The molecule has 1 aromatic carbocycles. The summed E-state index contributed by atoms with van der Waals surface area (Å²) < 4.78 is 5.42. The van der Waals surface area contributed by atoms with Gasteiger partial charge < -0.3 is 19.8 Å². The van der Waals surface area contributed by atoms with Crippen molar-refractivity contribution >= 4 is 5.82 Å². The Hall–Kier alpha value is -2.69. The van der Waals surface area contributed by atoms with Crippen molar-refractivity contribution in [2.75, 3.05) is 31.2 Å². The molecule has 1 fully saturated rings. The topological polar surface area (TPSA) is 103 Å². The van der Waals surface area contributed by atoms with E-state index >= 15 is 0 Å². The third-order valence-electron chi connectivity index (χ3n) is 3.98. The summed E-state index contributed by atoms with van der Waals surface area (Å²) in [7, 11) is 0. The molecule has 1 aromatic heterocycles. The van der Waals surface area contributed by atoms with E-state index < -0.39 is 0 Å². The molecule has 124 valence electrons. The van der Waals surface area contributed by atoms with Crippen LogP contribution in [0.1, 0.15) is 11.1 Å². The Morgan fingerprint density at radius 3 is 2.92 bits per heavy atom. The Morgan fingerprint density at radius 2 is 2.21 bits per heavy atom. The summed E-state index contributed by atoms with van der Waals surface area (Å²) in [5, 5.41) is 37.2. The molecule has 1 atom stereocenters. The number of nitriles is 1. The Balaban J connectivity index is 1.95. The van der Waals surface area contributed by atoms with Crippen molar-refractivity contribution in [1.82, 2.24) is 10.2 Å². The van der Waals surface area contributed by atoms with Crippen LogP contribution < -0.4 is 4.90 Å². The third-order valence-corrected chi connectivity index (χ3v) is 3.98. The van der Waals surface area contributed by atoms with E-state index in [4.69, 9.17) is 4.74 Å². The van der Waals surface area contributed by atoms with Crippen molar-refractivity contribution in [2.24, 2.45) is 0 Å². The molecule has 0 aliphatic carbocycles. The zero-order valence-electron chi connectivity index (χ0n) is 13.3. The number of aromatic hydroxyl groups is 1. The van der Waals surface area contributed by atoms with Crippen LogP contribution >= 0.6 is 0 Å². The zero-order chi connectivity index (χ0) is 17.1. The number of phenols is 1.